The van der Waals surface area contributed by atoms with E-state index < -0.39 is 0 Å². The van der Waals surface area contributed by atoms with Gasteiger partial charge in [-0.05, 0) is 87.3 Å². The van der Waals surface area contributed by atoms with Crippen molar-refractivity contribution in [2.24, 2.45) is 17.8 Å². The van der Waals surface area contributed by atoms with Crippen LogP contribution in [-0.4, -0.2) is 31.1 Å². The monoisotopic (exact) mass is 287 g/mol. The molecule has 2 heteroatoms. The zero-order chi connectivity index (χ0) is 14.1. The minimum Gasteiger partial charge on any atom is -0.493 e. The first-order valence-electron chi connectivity index (χ1n) is 9.10. The van der Waals surface area contributed by atoms with Crippen LogP contribution in [0.4, 0.5) is 0 Å². The van der Waals surface area contributed by atoms with Crippen LogP contribution < -0.4 is 0 Å². The fourth-order valence-electron chi connectivity index (χ4n) is 4.79. The van der Waals surface area contributed by atoms with E-state index in [4.69, 9.17) is 4.74 Å². The Morgan fingerprint density at radius 1 is 1.10 bits per heavy atom. The van der Waals surface area contributed by atoms with Crippen molar-refractivity contribution in [3.05, 3.63) is 23.5 Å². The molecule has 1 atom stereocenters. The van der Waals surface area contributed by atoms with Crippen LogP contribution in [0.5, 0.6) is 0 Å². The van der Waals surface area contributed by atoms with Gasteiger partial charge in [-0.3, -0.25) is 0 Å². The Kier molecular flexibility index (Phi) is 4.07. The third-order valence-corrected chi connectivity index (χ3v) is 6.09. The smallest absolute Gasteiger partial charge is 0.118 e. The Labute approximate surface area is 129 Å². The van der Waals surface area contributed by atoms with E-state index in [1.54, 1.807) is 5.57 Å². The maximum absolute atomic E-state index is 5.99. The molecule has 0 spiro atoms. The number of fused-ring (bicyclic) bond motifs is 4. The molecule has 2 nitrogen and oxygen atoms in total. The zero-order valence-corrected chi connectivity index (χ0v) is 13.2. The van der Waals surface area contributed by atoms with Crippen LogP contribution in [0.3, 0.4) is 0 Å². The molecule has 0 radical (unpaired) electrons. The van der Waals surface area contributed by atoms with Crippen molar-refractivity contribution in [2.75, 3.05) is 26.2 Å². The van der Waals surface area contributed by atoms with Gasteiger partial charge in [-0.2, -0.15) is 0 Å². The van der Waals surface area contributed by atoms with Gasteiger partial charge >= 0.3 is 0 Å². The molecule has 1 saturated carbocycles. The van der Waals surface area contributed by atoms with Gasteiger partial charge in [-0.1, -0.05) is 6.08 Å². The normalized spacial score (nSPS) is 36.3. The van der Waals surface area contributed by atoms with Crippen molar-refractivity contribution in [2.45, 2.75) is 51.4 Å². The predicted octanol–water partition coefficient (Wildman–Crippen LogP) is 4.14. The van der Waals surface area contributed by atoms with Crippen molar-refractivity contribution in [1.29, 1.82) is 0 Å². The summed E-state index contributed by atoms with van der Waals surface area (Å²) in [5, 5.41) is 0. The van der Waals surface area contributed by atoms with E-state index in [0.29, 0.717) is 0 Å². The molecular formula is C19H29NO. The fraction of sp³-hybridized carbons (Fsp3) is 0.789. The Bertz CT molecular complexity index is 417. The van der Waals surface area contributed by atoms with E-state index >= 15 is 0 Å². The molecule has 2 saturated heterocycles. The summed E-state index contributed by atoms with van der Waals surface area (Å²) in [7, 11) is 0. The summed E-state index contributed by atoms with van der Waals surface area (Å²) in [6, 6.07) is 0. The molecule has 0 amide bonds. The third-order valence-electron chi connectivity index (χ3n) is 6.09. The van der Waals surface area contributed by atoms with Gasteiger partial charge in [0, 0.05) is 13.1 Å². The van der Waals surface area contributed by atoms with Crippen LogP contribution in [0.2, 0.25) is 0 Å². The maximum atomic E-state index is 5.99. The molecule has 0 aromatic heterocycles. The van der Waals surface area contributed by atoms with Crippen LogP contribution in [-0.2, 0) is 4.74 Å². The standard InChI is InChI=1S/C19H29NO/c1-2-4-19-18(3-1)11-17(14-21-19)9-10-20-12-15-5-6-16(13-20)8-7-15/h2,4,15-17H,1,3,5-14H2. The van der Waals surface area contributed by atoms with Gasteiger partial charge in [0.05, 0.1) is 6.61 Å². The SMILES string of the molecule is C1=CC2=C(CC1)CC(CCN1CC3CCC(CC3)C1)CO2. The average Bonchev–Trinajstić information content (AvgIpc) is 2.85. The molecule has 2 bridgehead atoms. The second kappa shape index (κ2) is 6.16. The Morgan fingerprint density at radius 2 is 1.86 bits per heavy atom. The highest BCUT2D eigenvalue weighted by Crippen LogP contribution is 2.35. The number of hydrogen-bond donors (Lipinski definition) is 0. The highest BCUT2D eigenvalue weighted by atomic mass is 16.5. The lowest BCUT2D eigenvalue weighted by molar-refractivity contribution is 0.128. The van der Waals surface area contributed by atoms with Crippen molar-refractivity contribution < 1.29 is 4.74 Å². The minimum atomic E-state index is 0.760. The number of rotatable bonds is 3. The number of allylic oxidation sites excluding steroid dienone is 3. The molecule has 3 aliphatic heterocycles. The molecule has 116 valence electrons. The summed E-state index contributed by atoms with van der Waals surface area (Å²) < 4.78 is 5.99. The van der Waals surface area contributed by atoms with E-state index in [1.807, 2.05) is 0 Å². The Balaban J connectivity index is 1.29. The first kappa shape index (κ1) is 13.9. The minimum absolute atomic E-state index is 0.760. The number of ether oxygens (including phenoxy) is 1. The zero-order valence-electron chi connectivity index (χ0n) is 13.2. The molecule has 0 aromatic rings. The van der Waals surface area contributed by atoms with Crippen molar-refractivity contribution in [1.82, 2.24) is 4.90 Å². The molecule has 0 aromatic carbocycles. The number of nitrogens with zero attached hydrogens (tertiary/aromatic N) is 1. The summed E-state index contributed by atoms with van der Waals surface area (Å²) in [5.74, 6) is 3.97. The molecular weight excluding hydrogens is 258 g/mol. The summed E-state index contributed by atoms with van der Waals surface area (Å²) in [6.45, 7) is 5.00. The van der Waals surface area contributed by atoms with Crippen LogP contribution >= 0.6 is 0 Å². The lowest BCUT2D eigenvalue weighted by atomic mass is 9.84. The van der Waals surface area contributed by atoms with Crippen LogP contribution in [0.25, 0.3) is 0 Å². The van der Waals surface area contributed by atoms with E-state index in [0.717, 1.165) is 24.4 Å². The maximum Gasteiger partial charge on any atom is 0.118 e. The number of hydrogen-bond acceptors (Lipinski definition) is 2. The van der Waals surface area contributed by atoms with Crippen LogP contribution in [0.1, 0.15) is 51.4 Å². The van der Waals surface area contributed by atoms with Gasteiger partial charge < -0.3 is 9.64 Å². The van der Waals surface area contributed by atoms with Crippen LogP contribution in [0.15, 0.2) is 23.5 Å². The van der Waals surface area contributed by atoms with Gasteiger partial charge in [0.25, 0.3) is 0 Å². The van der Waals surface area contributed by atoms with Crippen molar-refractivity contribution in [3.8, 4) is 0 Å². The summed E-state index contributed by atoms with van der Waals surface area (Å²) in [5.41, 5.74) is 1.59. The van der Waals surface area contributed by atoms with Gasteiger partial charge in [0.1, 0.15) is 5.76 Å². The quantitative estimate of drug-likeness (QED) is 0.773. The molecule has 21 heavy (non-hydrogen) atoms. The first-order valence-corrected chi connectivity index (χ1v) is 9.10. The molecule has 1 unspecified atom stereocenters. The summed E-state index contributed by atoms with van der Waals surface area (Å²) >= 11 is 0. The van der Waals surface area contributed by atoms with E-state index in [1.165, 1.54) is 76.8 Å². The van der Waals surface area contributed by atoms with E-state index in [9.17, 15) is 0 Å². The molecule has 3 heterocycles. The Hall–Kier alpha value is -0.760. The molecule has 0 N–H and O–H groups in total. The summed E-state index contributed by atoms with van der Waals surface area (Å²) in [6.07, 6.45) is 15.5. The summed E-state index contributed by atoms with van der Waals surface area (Å²) in [4.78, 5) is 2.78. The van der Waals surface area contributed by atoms with Crippen molar-refractivity contribution in [3.63, 3.8) is 0 Å². The molecule has 2 aliphatic carbocycles. The fourth-order valence-corrected chi connectivity index (χ4v) is 4.79. The van der Waals surface area contributed by atoms with Crippen LogP contribution in [0, 0.1) is 17.8 Å². The lowest BCUT2D eigenvalue weighted by Crippen LogP contribution is -2.32. The van der Waals surface area contributed by atoms with Crippen molar-refractivity contribution >= 4 is 0 Å². The third kappa shape index (κ3) is 3.21. The largest absolute Gasteiger partial charge is 0.493 e. The highest BCUT2D eigenvalue weighted by Gasteiger charge is 2.30. The second-order valence-corrected chi connectivity index (χ2v) is 7.73. The van der Waals surface area contributed by atoms with Gasteiger partial charge in [-0.25, -0.2) is 0 Å². The molecule has 3 fully saturated rings. The van der Waals surface area contributed by atoms with Gasteiger partial charge in [0.15, 0.2) is 0 Å². The van der Waals surface area contributed by atoms with Gasteiger partial charge in [-0.15, -0.1) is 0 Å². The molecule has 5 aliphatic rings. The second-order valence-electron chi connectivity index (χ2n) is 7.73. The predicted molar refractivity (Wildman–Crippen MR) is 86.0 cm³/mol. The van der Waals surface area contributed by atoms with E-state index in [2.05, 4.69) is 17.1 Å². The highest BCUT2D eigenvalue weighted by molar-refractivity contribution is 5.26. The van der Waals surface area contributed by atoms with Gasteiger partial charge in [0.2, 0.25) is 0 Å². The first-order chi connectivity index (χ1) is 10.4. The lowest BCUT2D eigenvalue weighted by Gasteiger charge is -2.30. The average molecular weight is 287 g/mol. The Morgan fingerprint density at radius 3 is 2.62 bits per heavy atom. The molecule has 5 rings (SSSR count). The topological polar surface area (TPSA) is 12.5 Å². The van der Waals surface area contributed by atoms with E-state index in [-0.39, 0.29) is 0 Å².